The minimum atomic E-state index is -0.0871. The Balaban J connectivity index is 1.82. The molecule has 0 saturated carbocycles. The maximum Gasteiger partial charge on any atom is 0.276 e. The number of carbonyl (C=O) groups is 1. The Hall–Kier alpha value is -2.51. The van der Waals surface area contributed by atoms with Gasteiger partial charge < -0.3 is 9.80 Å². The molecule has 0 atom stereocenters. The molecule has 1 fully saturated rings. The van der Waals surface area contributed by atoms with E-state index in [1.165, 1.54) is 0 Å². The predicted molar refractivity (Wildman–Crippen MR) is 113 cm³/mol. The smallest absolute Gasteiger partial charge is 0.276 e. The lowest BCUT2D eigenvalue weighted by molar-refractivity contribution is 0.0655. The zero-order chi connectivity index (χ0) is 20.7. The van der Waals surface area contributed by atoms with Crippen molar-refractivity contribution in [1.82, 2.24) is 29.6 Å². The quantitative estimate of drug-likeness (QED) is 0.660. The number of aromatic nitrogens is 4. The second-order valence-electron chi connectivity index (χ2n) is 7.89. The minimum Gasteiger partial charge on any atom is -0.335 e. The van der Waals surface area contributed by atoms with E-state index >= 15 is 0 Å². The van der Waals surface area contributed by atoms with Crippen LogP contribution in [0.4, 0.5) is 0 Å². The van der Waals surface area contributed by atoms with E-state index in [-0.39, 0.29) is 11.8 Å². The number of rotatable bonds is 3. The first-order valence-corrected chi connectivity index (χ1v) is 10.2. The van der Waals surface area contributed by atoms with Crippen LogP contribution in [-0.2, 0) is 0 Å². The lowest BCUT2D eigenvalue weighted by Crippen LogP contribution is -2.47. The summed E-state index contributed by atoms with van der Waals surface area (Å²) in [4.78, 5) is 17.1. The van der Waals surface area contributed by atoms with Crippen molar-refractivity contribution in [2.24, 2.45) is 0 Å². The van der Waals surface area contributed by atoms with Gasteiger partial charge in [-0.15, -0.1) is 10.2 Å². The van der Waals surface area contributed by atoms with Gasteiger partial charge in [-0.2, -0.15) is 5.10 Å². The first-order chi connectivity index (χ1) is 13.9. The number of carbonyl (C=O) groups excluding carboxylic acids is 1. The van der Waals surface area contributed by atoms with Crippen LogP contribution in [0.15, 0.2) is 24.3 Å². The van der Waals surface area contributed by atoms with Crippen molar-refractivity contribution in [2.75, 3.05) is 33.2 Å². The summed E-state index contributed by atoms with van der Waals surface area (Å²) in [5.74, 6) is 0.0952. The van der Waals surface area contributed by atoms with Crippen LogP contribution in [0.1, 0.15) is 41.6 Å². The standard InChI is InChI=1S/C21H25ClN6O/c1-13(2)18-17(15-6-5-7-16(22)12-15)20-24-23-19(14(3)28(20)25-18)21(29)27-10-8-26(4)9-11-27/h5-7,12-13H,8-11H2,1-4H3. The van der Waals surface area contributed by atoms with E-state index in [1.54, 1.807) is 4.52 Å². The van der Waals surface area contributed by atoms with Crippen molar-refractivity contribution in [3.05, 3.63) is 46.4 Å². The summed E-state index contributed by atoms with van der Waals surface area (Å²) in [5, 5.41) is 14.2. The van der Waals surface area contributed by atoms with E-state index in [0.29, 0.717) is 35.1 Å². The molecule has 0 spiro atoms. The summed E-state index contributed by atoms with van der Waals surface area (Å²) in [5.41, 5.74) is 4.48. The molecule has 1 aliphatic rings. The van der Waals surface area contributed by atoms with E-state index in [0.717, 1.165) is 29.9 Å². The van der Waals surface area contributed by atoms with Crippen molar-refractivity contribution in [3.63, 3.8) is 0 Å². The molecule has 152 valence electrons. The Labute approximate surface area is 175 Å². The Morgan fingerprint density at radius 2 is 1.86 bits per heavy atom. The van der Waals surface area contributed by atoms with Crippen molar-refractivity contribution in [2.45, 2.75) is 26.7 Å². The van der Waals surface area contributed by atoms with Crippen LogP contribution in [0, 0.1) is 6.92 Å². The summed E-state index contributed by atoms with van der Waals surface area (Å²) in [6.45, 7) is 9.17. The number of aryl methyl sites for hydroxylation is 1. The van der Waals surface area contributed by atoms with Gasteiger partial charge in [0.1, 0.15) is 0 Å². The maximum absolute atomic E-state index is 13.1. The SMILES string of the molecule is Cc1c(C(=O)N2CCN(C)CC2)nnc2c(-c3cccc(Cl)c3)c(C(C)C)nn12. The molecule has 2 aromatic heterocycles. The zero-order valence-electron chi connectivity index (χ0n) is 17.2. The highest BCUT2D eigenvalue weighted by atomic mass is 35.5. The molecule has 1 amide bonds. The number of fused-ring (bicyclic) bond motifs is 1. The molecule has 7 nitrogen and oxygen atoms in total. The lowest BCUT2D eigenvalue weighted by atomic mass is 9.99. The number of likely N-dealkylation sites (N-methyl/N-ethyl adjacent to an activating group) is 1. The number of hydrogen-bond donors (Lipinski definition) is 0. The van der Waals surface area contributed by atoms with E-state index in [9.17, 15) is 4.79 Å². The molecule has 1 saturated heterocycles. The molecule has 29 heavy (non-hydrogen) atoms. The molecule has 0 unspecified atom stereocenters. The van der Waals surface area contributed by atoms with Crippen LogP contribution in [0.3, 0.4) is 0 Å². The van der Waals surface area contributed by atoms with Gasteiger partial charge in [-0.3, -0.25) is 4.79 Å². The molecule has 1 aromatic carbocycles. The third-order valence-electron chi connectivity index (χ3n) is 5.45. The van der Waals surface area contributed by atoms with Crippen LogP contribution >= 0.6 is 11.6 Å². The monoisotopic (exact) mass is 412 g/mol. The van der Waals surface area contributed by atoms with Crippen LogP contribution in [-0.4, -0.2) is 68.7 Å². The first-order valence-electron chi connectivity index (χ1n) is 9.86. The fourth-order valence-electron chi connectivity index (χ4n) is 3.70. The van der Waals surface area contributed by atoms with Gasteiger partial charge in [-0.1, -0.05) is 37.6 Å². The third kappa shape index (κ3) is 3.60. The van der Waals surface area contributed by atoms with Gasteiger partial charge in [0.05, 0.1) is 17.0 Å². The summed E-state index contributed by atoms with van der Waals surface area (Å²) in [6, 6.07) is 7.66. The normalized spacial score (nSPS) is 15.4. The van der Waals surface area contributed by atoms with Crippen molar-refractivity contribution in [3.8, 4) is 11.1 Å². The fourth-order valence-corrected chi connectivity index (χ4v) is 3.89. The van der Waals surface area contributed by atoms with Crippen molar-refractivity contribution >= 4 is 23.2 Å². The van der Waals surface area contributed by atoms with E-state index in [2.05, 4.69) is 36.0 Å². The second-order valence-corrected chi connectivity index (χ2v) is 8.33. The summed E-state index contributed by atoms with van der Waals surface area (Å²) in [7, 11) is 2.06. The van der Waals surface area contributed by atoms with E-state index < -0.39 is 0 Å². The Morgan fingerprint density at radius 3 is 2.52 bits per heavy atom. The Morgan fingerprint density at radius 1 is 1.14 bits per heavy atom. The number of benzene rings is 1. The van der Waals surface area contributed by atoms with Crippen molar-refractivity contribution in [1.29, 1.82) is 0 Å². The predicted octanol–water partition coefficient (Wildman–Crippen LogP) is 3.26. The molecule has 8 heteroatoms. The number of nitrogens with zero attached hydrogens (tertiary/aromatic N) is 6. The Kier molecular flexibility index (Phi) is 5.27. The van der Waals surface area contributed by atoms with Gasteiger partial charge in [0.15, 0.2) is 11.3 Å². The van der Waals surface area contributed by atoms with Gasteiger partial charge in [0.2, 0.25) is 0 Å². The van der Waals surface area contributed by atoms with Crippen LogP contribution in [0.2, 0.25) is 5.02 Å². The fraction of sp³-hybridized carbons (Fsp3) is 0.429. The van der Waals surface area contributed by atoms with Gasteiger partial charge >= 0.3 is 0 Å². The largest absolute Gasteiger partial charge is 0.335 e. The lowest BCUT2D eigenvalue weighted by Gasteiger charge is -2.32. The summed E-state index contributed by atoms with van der Waals surface area (Å²) >= 11 is 6.22. The first kappa shape index (κ1) is 19.8. The highest BCUT2D eigenvalue weighted by Crippen LogP contribution is 2.33. The molecule has 0 bridgehead atoms. The zero-order valence-corrected chi connectivity index (χ0v) is 17.9. The second kappa shape index (κ2) is 7.72. The van der Waals surface area contributed by atoms with Crippen molar-refractivity contribution < 1.29 is 4.79 Å². The van der Waals surface area contributed by atoms with Gasteiger partial charge in [0.25, 0.3) is 5.91 Å². The van der Waals surface area contributed by atoms with E-state index in [4.69, 9.17) is 16.7 Å². The molecule has 3 heterocycles. The van der Waals surface area contributed by atoms with Crippen LogP contribution in [0.5, 0.6) is 0 Å². The third-order valence-corrected chi connectivity index (χ3v) is 5.68. The van der Waals surface area contributed by atoms with Gasteiger partial charge in [0, 0.05) is 31.2 Å². The molecule has 0 aliphatic carbocycles. The highest BCUT2D eigenvalue weighted by molar-refractivity contribution is 6.30. The average Bonchev–Trinajstić information content (AvgIpc) is 3.09. The molecule has 4 rings (SSSR count). The van der Waals surface area contributed by atoms with E-state index in [1.807, 2.05) is 36.1 Å². The number of halogens is 1. The van der Waals surface area contributed by atoms with Gasteiger partial charge in [-0.25, -0.2) is 4.52 Å². The number of piperazine rings is 1. The maximum atomic E-state index is 13.1. The highest BCUT2D eigenvalue weighted by Gasteiger charge is 2.27. The molecular formula is C21H25ClN6O. The Bertz CT molecular complexity index is 1070. The molecular weight excluding hydrogens is 388 g/mol. The molecule has 0 radical (unpaired) electrons. The number of hydrogen-bond acceptors (Lipinski definition) is 5. The summed E-state index contributed by atoms with van der Waals surface area (Å²) < 4.78 is 1.75. The summed E-state index contributed by atoms with van der Waals surface area (Å²) in [6.07, 6.45) is 0. The molecule has 3 aromatic rings. The minimum absolute atomic E-state index is 0.0871. The van der Waals surface area contributed by atoms with Crippen LogP contribution in [0.25, 0.3) is 16.8 Å². The average molecular weight is 413 g/mol. The van der Waals surface area contributed by atoms with Crippen LogP contribution < -0.4 is 0 Å². The molecule has 0 N–H and O–H groups in total. The van der Waals surface area contributed by atoms with Gasteiger partial charge in [-0.05, 0) is 37.6 Å². The number of amides is 1. The topological polar surface area (TPSA) is 66.6 Å². The molecule has 1 aliphatic heterocycles.